The van der Waals surface area contributed by atoms with Gasteiger partial charge in [0.15, 0.2) is 0 Å². The molecular weight excluding hydrogens is 246 g/mol. The number of benzene rings is 2. The summed E-state index contributed by atoms with van der Waals surface area (Å²) >= 11 is 0. The second-order valence-corrected chi connectivity index (χ2v) is 4.97. The topological polar surface area (TPSA) is 35.2 Å². The van der Waals surface area contributed by atoms with Crippen molar-refractivity contribution in [2.75, 3.05) is 6.61 Å². The summed E-state index contributed by atoms with van der Waals surface area (Å²) in [6.07, 6.45) is 0.964. The molecule has 0 heterocycles. The number of ether oxygens (including phenoxy) is 1. The van der Waals surface area contributed by atoms with Crippen molar-refractivity contribution in [2.45, 2.75) is 32.9 Å². The number of nitrogens with two attached hydrogens (primary N) is 1. The van der Waals surface area contributed by atoms with E-state index in [0.717, 1.165) is 13.0 Å². The van der Waals surface area contributed by atoms with Crippen LogP contribution in [0.1, 0.15) is 37.4 Å². The van der Waals surface area contributed by atoms with Gasteiger partial charge in [-0.25, -0.2) is 0 Å². The molecule has 0 aliphatic heterocycles. The van der Waals surface area contributed by atoms with Crippen LogP contribution in [0.2, 0.25) is 0 Å². The third-order valence-electron chi connectivity index (χ3n) is 3.54. The van der Waals surface area contributed by atoms with Crippen LogP contribution in [0.15, 0.2) is 48.5 Å². The maximum absolute atomic E-state index is 6.04. The van der Waals surface area contributed by atoms with Crippen molar-refractivity contribution < 1.29 is 4.74 Å². The SMILES string of the molecule is CCOCc1ccc(-c2ccc(C(N)CC)cc2)cc1. The zero-order valence-corrected chi connectivity index (χ0v) is 12.3. The van der Waals surface area contributed by atoms with Crippen LogP contribution in [0.3, 0.4) is 0 Å². The van der Waals surface area contributed by atoms with Crippen LogP contribution >= 0.6 is 0 Å². The van der Waals surface area contributed by atoms with Crippen molar-refractivity contribution in [1.29, 1.82) is 0 Å². The van der Waals surface area contributed by atoms with Crippen LogP contribution in [0.5, 0.6) is 0 Å². The molecule has 1 unspecified atom stereocenters. The Kier molecular flexibility index (Phi) is 5.33. The third-order valence-corrected chi connectivity index (χ3v) is 3.54. The second kappa shape index (κ2) is 7.22. The van der Waals surface area contributed by atoms with Crippen LogP contribution < -0.4 is 5.73 Å². The average molecular weight is 269 g/mol. The fourth-order valence-corrected chi connectivity index (χ4v) is 2.17. The molecule has 0 radical (unpaired) electrons. The molecule has 0 fully saturated rings. The van der Waals surface area contributed by atoms with Crippen LogP contribution in [-0.2, 0) is 11.3 Å². The minimum absolute atomic E-state index is 0.137. The molecule has 106 valence electrons. The Labute approximate surface area is 121 Å². The van der Waals surface area contributed by atoms with Gasteiger partial charge < -0.3 is 10.5 Å². The van der Waals surface area contributed by atoms with Crippen LogP contribution in [-0.4, -0.2) is 6.61 Å². The summed E-state index contributed by atoms with van der Waals surface area (Å²) < 4.78 is 5.41. The zero-order chi connectivity index (χ0) is 14.4. The smallest absolute Gasteiger partial charge is 0.0716 e. The van der Waals surface area contributed by atoms with E-state index in [0.29, 0.717) is 6.61 Å². The first-order valence-corrected chi connectivity index (χ1v) is 7.27. The molecular formula is C18H23NO. The summed E-state index contributed by atoms with van der Waals surface area (Å²) in [5.41, 5.74) is 10.9. The highest BCUT2D eigenvalue weighted by Crippen LogP contribution is 2.23. The van der Waals surface area contributed by atoms with E-state index in [-0.39, 0.29) is 6.04 Å². The van der Waals surface area contributed by atoms with Crippen LogP contribution in [0, 0.1) is 0 Å². The molecule has 0 aromatic heterocycles. The molecule has 0 saturated heterocycles. The Morgan fingerprint density at radius 2 is 1.45 bits per heavy atom. The van der Waals surface area contributed by atoms with Gasteiger partial charge in [0, 0.05) is 12.6 Å². The van der Waals surface area contributed by atoms with E-state index in [2.05, 4.69) is 55.5 Å². The molecule has 2 nitrogen and oxygen atoms in total. The molecule has 0 spiro atoms. The first-order valence-electron chi connectivity index (χ1n) is 7.27. The third kappa shape index (κ3) is 3.69. The van der Waals surface area contributed by atoms with Crippen molar-refractivity contribution in [2.24, 2.45) is 5.73 Å². The Balaban J connectivity index is 2.11. The monoisotopic (exact) mass is 269 g/mol. The molecule has 0 aliphatic rings. The highest BCUT2D eigenvalue weighted by Gasteiger charge is 2.04. The Hall–Kier alpha value is -1.64. The van der Waals surface area contributed by atoms with Gasteiger partial charge in [0.05, 0.1) is 6.61 Å². The van der Waals surface area contributed by atoms with Crippen LogP contribution in [0.25, 0.3) is 11.1 Å². The second-order valence-electron chi connectivity index (χ2n) is 4.97. The highest BCUT2D eigenvalue weighted by molar-refractivity contribution is 5.64. The minimum Gasteiger partial charge on any atom is -0.377 e. The van der Waals surface area contributed by atoms with Gasteiger partial charge in [-0.05, 0) is 35.6 Å². The molecule has 0 aliphatic carbocycles. The summed E-state index contributed by atoms with van der Waals surface area (Å²) in [5.74, 6) is 0. The van der Waals surface area contributed by atoms with Gasteiger partial charge in [-0.2, -0.15) is 0 Å². The van der Waals surface area contributed by atoms with E-state index in [4.69, 9.17) is 10.5 Å². The predicted molar refractivity (Wildman–Crippen MR) is 84.4 cm³/mol. The highest BCUT2D eigenvalue weighted by atomic mass is 16.5. The Morgan fingerprint density at radius 1 is 0.900 bits per heavy atom. The van der Waals surface area contributed by atoms with Crippen molar-refractivity contribution in [3.63, 3.8) is 0 Å². The number of hydrogen-bond acceptors (Lipinski definition) is 2. The van der Waals surface area contributed by atoms with Crippen molar-refractivity contribution >= 4 is 0 Å². The fourth-order valence-electron chi connectivity index (χ4n) is 2.17. The van der Waals surface area contributed by atoms with E-state index in [9.17, 15) is 0 Å². The summed E-state index contributed by atoms with van der Waals surface area (Å²) in [7, 11) is 0. The van der Waals surface area contributed by atoms with Gasteiger partial charge in [0.25, 0.3) is 0 Å². The van der Waals surface area contributed by atoms with E-state index in [1.807, 2.05) is 6.92 Å². The van der Waals surface area contributed by atoms with Crippen molar-refractivity contribution in [3.05, 3.63) is 59.7 Å². The standard InChI is InChI=1S/C18H23NO/c1-3-18(19)17-11-9-16(10-12-17)15-7-5-14(6-8-15)13-20-4-2/h5-12,18H,3-4,13,19H2,1-2H3. The summed E-state index contributed by atoms with van der Waals surface area (Å²) in [6.45, 7) is 5.55. The van der Waals surface area contributed by atoms with Gasteiger partial charge in [0.2, 0.25) is 0 Å². The lowest BCUT2D eigenvalue weighted by atomic mass is 9.99. The lowest BCUT2D eigenvalue weighted by molar-refractivity contribution is 0.134. The quantitative estimate of drug-likeness (QED) is 0.848. The van der Waals surface area contributed by atoms with Crippen molar-refractivity contribution in [3.8, 4) is 11.1 Å². The van der Waals surface area contributed by atoms with E-state index < -0.39 is 0 Å². The molecule has 2 rings (SSSR count). The van der Waals surface area contributed by atoms with E-state index in [1.165, 1.54) is 22.3 Å². The maximum Gasteiger partial charge on any atom is 0.0716 e. The van der Waals surface area contributed by atoms with E-state index >= 15 is 0 Å². The summed E-state index contributed by atoms with van der Waals surface area (Å²) in [5, 5.41) is 0. The van der Waals surface area contributed by atoms with Gasteiger partial charge in [0.1, 0.15) is 0 Å². The van der Waals surface area contributed by atoms with Crippen LogP contribution in [0.4, 0.5) is 0 Å². The zero-order valence-electron chi connectivity index (χ0n) is 12.3. The molecule has 2 N–H and O–H groups in total. The first kappa shape index (κ1) is 14.8. The molecule has 20 heavy (non-hydrogen) atoms. The number of hydrogen-bond donors (Lipinski definition) is 1. The lowest BCUT2D eigenvalue weighted by Crippen LogP contribution is -2.08. The average Bonchev–Trinajstić information content (AvgIpc) is 2.53. The molecule has 0 amide bonds. The molecule has 0 bridgehead atoms. The predicted octanol–water partition coefficient (Wildman–Crippen LogP) is 4.30. The largest absolute Gasteiger partial charge is 0.377 e. The molecule has 2 aromatic rings. The molecule has 2 heteroatoms. The fraction of sp³-hybridized carbons (Fsp3) is 0.333. The first-order chi connectivity index (χ1) is 9.74. The van der Waals surface area contributed by atoms with E-state index in [1.54, 1.807) is 0 Å². The Morgan fingerprint density at radius 3 is 1.95 bits per heavy atom. The molecule has 2 aromatic carbocycles. The molecule has 0 saturated carbocycles. The van der Waals surface area contributed by atoms with Crippen molar-refractivity contribution in [1.82, 2.24) is 0 Å². The van der Waals surface area contributed by atoms with Gasteiger partial charge in [-0.1, -0.05) is 55.5 Å². The summed E-state index contributed by atoms with van der Waals surface area (Å²) in [4.78, 5) is 0. The van der Waals surface area contributed by atoms with Gasteiger partial charge >= 0.3 is 0 Å². The van der Waals surface area contributed by atoms with Gasteiger partial charge in [-0.3, -0.25) is 0 Å². The maximum atomic E-state index is 6.04. The van der Waals surface area contributed by atoms with Gasteiger partial charge in [-0.15, -0.1) is 0 Å². The molecule has 1 atom stereocenters. The normalized spacial score (nSPS) is 12.3. The Bertz CT molecular complexity index is 516. The summed E-state index contributed by atoms with van der Waals surface area (Å²) in [6, 6.07) is 17.2. The minimum atomic E-state index is 0.137. The lowest BCUT2D eigenvalue weighted by Gasteiger charge is -2.10. The number of rotatable bonds is 6.